The number of ether oxygens (including phenoxy) is 2. The van der Waals surface area contributed by atoms with Crippen molar-refractivity contribution in [3.8, 4) is 0 Å². The summed E-state index contributed by atoms with van der Waals surface area (Å²) in [5, 5.41) is 9.11. The van der Waals surface area contributed by atoms with Crippen LogP contribution in [-0.2, 0) is 14.3 Å². The second-order valence-corrected chi connectivity index (χ2v) is 6.80. The van der Waals surface area contributed by atoms with E-state index in [4.69, 9.17) is 9.47 Å². The summed E-state index contributed by atoms with van der Waals surface area (Å²) in [4.78, 5) is 25.2. The summed E-state index contributed by atoms with van der Waals surface area (Å²) in [6.07, 6.45) is 2.23. The second-order valence-electron chi connectivity index (χ2n) is 6.80. The van der Waals surface area contributed by atoms with Crippen LogP contribution in [0.3, 0.4) is 0 Å². The molecule has 158 valence electrons. The fourth-order valence-corrected chi connectivity index (χ4v) is 3.24. The molecule has 0 aromatic heterocycles. The highest BCUT2D eigenvalue weighted by Crippen LogP contribution is 2.31. The molecule has 28 heavy (non-hydrogen) atoms. The van der Waals surface area contributed by atoms with Gasteiger partial charge in [0.25, 0.3) is 5.91 Å². The molecule has 1 aromatic rings. The molecule has 0 radical (unpaired) electrons. The molecule has 1 fully saturated rings. The Kier molecular flexibility index (Phi) is 11.1. The maximum atomic E-state index is 12.9. The number of carbonyl (C=O) groups excluding carboxylic acids is 2. The van der Waals surface area contributed by atoms with Gasteiger partial charge in [0.2, 0.25) is 5.91 Å². The first-order valence-corrected chi connectivity index (χ1v) is 9.58. The van der Waals surface area contributed by atoms with E-state index in [1.807, 2.05) is 6.92 Å². The zero-order valence-electron chi connectivity index (χ0n) is 16.7. The fraction of sp³-hybridized carbons (Fsp3) is 0.600. The maximum absolute atomic E-state index is 12.9. The van der Waals surface area contributed by atoms with Gasteiger partial charge in [-0.1, -0.05) is 6.07 Å². The number of nitrogens with one attached hydrogen (secondary N) is 3. The van der Waals surface area contributed by atoms with Gasteiger partial charge in [0, 0.05) is 38.1 Å². The van der Waals surface area contributed by atoms with Crippen molar-refractivity contribution in [2.75, 3.05) is 51.9 Å². The molecular weight excluding hydrogens is 382 g/mol. The molecule has 1 aliphatic rings. The van der Waals surface area contributed by atoms with Crippen molar-refractivity contribution in [1.82, 2.24) is 10.6 Å². The first-order valence-electron chi connectivity index (χ1n) is 9.58. The van der Waals surface area contributed by atoms with Gasteiger partial charge in [-0.2, -0.15) is 0 Å². The minimum absolute atomic E-state index is 0. The van der Waals surface area contributed by atoms with Crippen LogP contribution >= 0.6 is 12.4 Å². The van der Waals surface area contributed by atoms with E-state index in [1.165, 1.54) is 0 Å². The molecular formula is C20H32ClN3O4. The largest absolute Gasteiger partial charge is 0.384 e. The van der Waals surface area contributed by atoms with Crippen molar-refractivity contribution in [1.29, 1.82) is 0 Å². The number of methoxy groups -OCH3 is 1. The van der Waals surface area contributed by atoms with Gasteiger partial charge in [-0.15, -0.1) is 12.4 Å². The highest BCUT2D eigenvalue weighted by Gasteiger charge is 2.39. The third-order valence-electron chi connectivity index (χ3n) is 4.80. The smallest absolute Gasteiger partial charge is 0.251 e. The summed E-state index contributed by atoms with van der Waals surface area (Å²) in [6, 6.07) is 7.02. The lowest BCUT2D eigenvalue weighted by Gasteiger charge is -2.35. The van der Waals surface area contributed by atoms with E-state index in [9.17, 15) is 9.59 Å². The van der Waals surface area contributed by atoms with Crippen LogP contribution in [-0.4, -0.2) is 58.4 Å². The van der Waals surface area contributed by atoms with Crippen molar-refractivity contribution in [2.45, 2.75) is 26.2 Å². The fourth-order valence-electron chi connectivity index (χ4n) is 3.24. The molecule has 0 spiro atoms. The Balaban J connectivity index is 0.00000392. The van der Waals surface area contributed by atoms with Gasteiger partial charge in [-0.25, -0.2) is 0 Å². The van der Waals surface area contributed by atoms with Gasteiger partial charge in [-0.05, 0) is 57.5 Å². The average Bonchev–Trinajstić information content (AvgIpc) is 2.69. The summed E-state index contributed by atoms with van der Waals surface area (Å²) in [5.41, 5.74) is 0.614. The standard InChI is InChI=1S/C20H31N3O4.ClH/c1-3-27-13-5-10-22-18(24)16-6-4-7-17(14-16)23-19(25)20(15-26-2)8-11-21-12-9-20;/h4,6-7,14,21H,3,5,8-13,15H2,1-2H3,(H,22,24)(H,23,25);1H. The van der Waals surface area contributed by atoms with E-state index in [0.29, 0.717) is 37.6 Å². The highest BCUT2D eigenvalue weighted by molar-refractivity contribution is 5.98. The lowest BCUT2D eigenvalue weighted by molar-refractivity contribution is -0.130. The summed E-state index contributed by atoms with van der Waals surface area (Å²) in [5.74, 6) is -0.212. The van der Waals surface area contributed by atoms with E-state index >= 15 is 0 Å². The molecule has 7 nitrogen and oxygen atoms in total. The van der Waals surface area contributed by atoms with E-state index in [1.54, 1.807) is 31.4 Å². The summed E-state index contributed by atoms with van der Waals surface area (Å²) in [7, 11) is 1.62. The normalized spacial score (nSPS) is 15.4. The molecule has 1 heterocycles. The molecule has 0 atom stereocenters. The Morgan fingerprint density at radius 3 is 2.68 bits per heavy atom. The molecule has 3 N–H and O–H groups in total. The predicted molar refractivity (Wildman–Crippen MR) is 112 cm³/mol. The molecule has 1 saturated heterocycles. The number of halogens is 1. The summed E-state index contributed by atoms with van der Waals surface area (Å²) < 4.78 is 10.6. The van der Waals surface area contributed by atoms with Crippen LogP contribution in [0.25, 0.3) is 0 Å². The van der Waals surface area contributed by atoms with Crippen molar-refractivity contribution < 1.29 is 19.1 Å². The van der Waals surface area contributed by atoms with Gasteiger partial charge in [-0.3, -0.25) is 9.59 Å². The van der Waals surface area contributed by atoms with Crippen molar-refractivity contribution >= 4 is 29.9 Å². The lowest BCUT2D eigenvalue weighted by atomic mass is 9.78. The molecule has 0 bridgehead atoms. The first kappa shape index (κ1) is 24.4. The molecule has 1 aromatic carbocycles. The highest BCUT2D eigenvalue weighted by atomic mass is 35.5. The van der Waals surface area contributed by atoms with Crippen LogP contribution in [0.1, 0.15) is 36.5 Å². The molecule has 0 unspecified atom stereocenters. The van der Waals surface area contributed by atoms with Gasteiger partial charge in [0.1, 0.15) is 0 Å². The predicted octanol–water partition coefficient (Wildman–Crippen LogP) is 2.22. The zero-order chi connectivity index (χ0) is 19.5. The van der Waals surface area contributed by atoms with Crippen molar-refractivity contribution in [2.24, 2.45) is 5.41 Å². The van der Waals surface area contributed by atoms with Crippen LogP contribution < -0.4 is 16.0 Å². The zero-order valence-corrected chi connectivity index (χ0v) is 17.5. The molecule has 2 rings (SSSR count). The lowest BCUT2D eigenvalue weighted by Crippen LogP contribution is -2.47. The maximum Gasteiger partial charge on any atom is 0.251 e. The first-order chi connectivity index (χ1) is 13.1. The number of piperidine rings is 1. The van der Waals surface area contributed by atoms with Gasteiger partial charge < -0.3 is 25.4 Å². The number of hydrogen-bond donors (Lipinski definition) is 3. The Labute approximate surface area is 173 Å². The van der Waals surface area contributed by atoms with Crippen molar-refractivity contribution in [3.63, 3.8) is 0 Å². The topological polar surface area (TPSA) is 88.7 Å². The van der Waals surface area contributed by atoms with Crippen LogP contribution in [0.5, 0.6) is 0 Å². The van der Waals surface area contributed by atoms with Gasteiger partial charge in [0.15, 0.2) is 0 Å². The van der Waals surface area contributed by atoms with Crippen molar-refractivity contribution in [3.05, 3.63) is 29.8 Å². The van der Waals surface area contributed by atoms with E-state index in [-0.39, 0.29) is 24.2 Å². The SMILES string of the molecule is CCOCCCNC(=O)c1cccc(NC(=O)C2(COC)CCNCC2)c1.Cl. The van der Waals surface area contributed by atoms with Gasteiger partial charge in [0.05, 0.1) is 12.0 Å². The Bertz CT molecular complexity index is 616. The number of amides is 2. The van der Waals surface area contributed by atoms with Crippen LogP contribution in [0.4, 0.5) is 5.69 Å². The number of hydrogen-bond acceptors (Lipinski definition) is 5. The van der Waals surface area contributed by atoms with Crippen LogP contribution in [0.2, 0.25) is 0 Å². The molecule has 1 aliphatic heterocycles. The number of carbonyl (C=O) groups is 2. The summed E-state index contributed by atoms with van der Waals surface area (Å²) in [6.45, 7) is 5.78. The monoisotopic (exact) mass is 413 g/mol. The second kappa shape index (κ2) is 12.7. The van der Waals surface area contributed by atoms with E-state index in [2.05, 4.69) is 16.0 Å². The van der Waals surface area contributed by atoms with E-state index in [0.717, 1.165) is 32.4 Å². The Hall–Kier alpha value is -1.67. The van der Waals surface area contributed by atoms with Crippen LogP contribution in [0.15, 0.2) is 24.3 Å². The molecule has 8 heteroatoms. The minimum atomic E-state index is -0.530. The van der Waals surface area contributed by atoms with Gasteiger partial charge >= 0.3 is 0 Å². The number of benzene rings is 1. The molecule has 2 amide bonds. The third kappa shape index (κ3) is 7.05. The Morgan fingerprint density at radius 2 is 2.00 bits per heavy atom. The Morgan fingerprint density at radius 1 is 1.25 bits per heavy atom. The average molecular weight is 414 g/mol. The summed E-state index contributed by atoms with van der Waals surface area (Å²) >= 11 is 0. The number of anilines is 1. The van der Waals surface area contributed by atoms with Crippen LogP contribution in [0, 0.1) is 5.41 Å². The quantitative estimate of drug-likeness (QED) is 0.512. The molecule has 0 saturated carbocycles. The third-order valence-corrected chi connectivity index (χ3v) is 4.80. The van der Waals surface area contributed by atoms with E-state index < -0.39 is 5.41 Å². The minimum Gasteiger partial charge on any atom is -0.384 e. The number of rotatable bonds is 10. The molecule has 0 aliphatic carbocycles.